The van der Waals surface area contributed by atoms with E-state index in [-0.39, 0.29) is 12.5 Å². The minimum atomic E-state index is 0.211. The van der Waals surface area contributed by atoms with E-state index in [1.165, 1.54) is 12.8 Å². The van der Waals surface area contributed by atoms with Crippen LogP contribution in [-0.4, -0.2) is 35.6 Å². The lowest BCUT2D eigenvalue weighted by molar-refractivity contribution is -0.137. The Bertz CT molecular complexity index is 238. The van der Waals surface area contributed by atoms with Crippen molar-refractivity contribution in [2.45, 2.75) is 32.6 Å². The van der Waals surface area contributed by atoms with Crippen LogP contribution in [0.1, 0.15) is 32.6 Å². The van der Waals surface area contributed by atoms with E-state index in [4.69, 9.17) is 5.11 Å². The van der Waals surface area contributed by atoms with Gasteiger partial charge in [0.1, 0.15) is 0 Å². The average Bonchev–Trinajstić information content (AvgIpc) is 3.11. The summed E-state index contributed by atoms with van der Waals surface area (Å²) in [7, 11) is 0. The van der Waals surface area contributed by atoms with E-state index >= 15 is 0 Å². The van der Waals surface area contributed by atoms with Gasteiger partial charge < -0.3 is 10.0 Å². The van der Waals surface area contributed by atoms with Crippen LogP contribution in [0.5, 0.6) is 0 Å². The van der Waals surface area contributed by atoms with Crippen LogP contribution in [0.4, 0.5) is 0 Å². The molecule has 2 aliphatic rings. The van der Waals surface area contributed by atoms with Crippen molar-refractivity contribution in [1.29, 1.82) is 0 Å². The van der Waals surface area contributed by atoms with Crippen LogP contribution in [0.3, 0.4) is 0 Å². The number of nitrogens with zero attached hydrogens (tertiary/aromatic N) is 1. The van der Waals surface area contributed by atoms with Crippen molar-refractivity contribution in [2.24, 2.45) is 17.8 Å². The first kappa shape index (κ1) is 10.9. The lowest BCUT2D eigenvalue weighted by atomic mass is 9.96. The quantitative estimate of drug-likeness (QED) is 0.763. The highest BCUT2D eigenvalue weighted by atomic mass is 16.3. The fourth-order valence-corrected chi connectivity index (χ4v) is 2.50. The summed E-state index contributed by atoms with van der Waals surface area (Å²) in [6.45, 7) is 3.95. The van der Waals surface area contributed by atoms with Gasteiger partial charge in [-0.2, -0.15) is 0 Å². The predicted molar refractivity (Wildman–Crippen MR) is 58.3 cm³/mol. The first-order valence-electron chi connectivity index (χ1n) is 6.12. The zero-order valence-electron chi connectivity index (χ0n) is 9.48. The standard InChI is InChI=1S/C12H21NO2/c1-9(11-4-5-11)12(15)13-6-2-3-10(7-13)8-14/h9-11,14H,2-8H2,1H3. The van der Waals surface area contributed by atoms with Gasteiger partial charge in [-0.1, -0.05) is 6.92 Å². The molecule has 1 N–H and O–H groups in total. The molecule has 3 nitrogen and oxygen atoms in total. The third-order valence-corrected chi connectivity index (χ3v) is 3.81. The average molecular weight is 211 g/mol. The van der Waals surface area contributed by atoms with Crippen LogP contribution in [0, 0.1) is 17.8 Å². The van der Waals surface area contributed by atoms with E-state index in [1.807, 2.05) is 4.90 Å². The molecule has 0 bridgehead atoms. The van der Waals surface area contributed by atoms with E-state index in [0.717, 1.165) is 25.9 Å². The largest absolute Gasteiger partial charge is 0.396 e. The first-order valence-corrected chi connectivity index (χ1v) is 6.12. The maximum atomic E-state index is 12.1. The van der Waals surface area contributed by atoms with Gasteiger partial charge in [-0.25, -0.2) is 0 Å². The SMILES string of the molecule is CC(C(=O)N1CCCC(CO)C1)C1CC1. The molecule has 0 aromatic heterocycles. The fraction of sp³-hybridized carbons (Fsp3) is 0.917. The normalized spacial score (nSPS) is 28.9. The maximum Gasteiger partial charge on any atom is 0.225 e. The van der Waals surface area contributed by atoms with E-state index in [2.05, 4.69) is 6.92 Å². The summed E-state index contributed by atoms with van der Waals surface area (Å²) in [5.41, 5.74) is 0. The Balaban J connectivity index is 1.88. The van der Waals surface area contributed by atoms with Crippen LogP contribution in [-0.2, 0) is 4.79 Å². The molecule has 0 aromatic rings. The number of carbonyl (C=O) groups excluding carboxylic acids is 1. The molecule has 0 radical (unpaired) electrons. The first-order chi connectivity index (χ1) is 7.22. The maximum absolute atomic E-state index is 12.1. The second-order valence-electron chi connectivity index (χ2n) is 5.10. The molecule has 3 heteroatoms. The molecule has 0 aromatic carbocycles. The third kappa shape index (κ3) is 2.51. The molecule has 2 rings (SSSR count). The van der Waals surface area contributed by atoms with Gasteiger partial charge in [0.05, 0.1) is 0 Å². The van der Waals surface area contributed by atoms with Crippen LogP contribution < -0.4 is 0 Å². The molecular formula is C12H21NO2. The zero-order valence-corrected chi connectivity index (χ0v) is 9.48. The lowest BCUT2D eigenvalue weighted by Gasteiger charge is -2.33. The highest BCUT2D eigenvalue weighted by molar-refractivity contribution is 5.79. The van der Waals surface area contributed by atoms with Crippen molar-refractivity contribution in [3.05, 3.63) is 0 Å². The molecular weight excluding hydrogens is 190 g/mol. The second kappa shape index (κ2) is 4.52. The van der Waals surface area contributed by atoms with Crippen LogP contribution >= 0.6 is 0 Å². The molecule has 2 atom stereocenters. The number of hydrogen-bond acceptors (Lipinski definition) is 2. The topological polar surface area (TPSA) is 40.5 Å². The van der Waals surface area contributed by atoms with Crippen molar-refractivity contribution in [3.8, 4) is 0 Å². The van der Waals surface area contributed by atoms with Gasteiger partial charge >= 0.3 is 0 Å². The number of likely N-dealkylation sites (tertiary alicyclic amines) is 1. The smallest absolute Gasteiger partial charge is 0.225 e. The summed E-state index contributed by atoms with van der Waals surface area (Å²) >= 11 is 0. The summed E-state index contributed by atoms with van der Waals surface area (Å²) in [6, 6.07) is 0. The van der Waals surface area contributed by atoms with Gasteiger partial charge in [0.15, 0.2) is 0 Å². The molecule has 1 aliphatic carbocycles. The van der Waals surface area contributed by atoms with Gasteiger partial charge in [0.2, 0.25) is 5.91 Å². The summed E-state index contributed by atoms with van der Waals surface area (Å²) in [5.74, 6) is 1.49. The molecule has 1 saturated carbocycles. The van der Waals surface area contributed by atoms with Gasteiger partial charge in [-0.15, -0.1) is 0 Å². The monoisotopic (exact) mass is 211 g/mol. The Morgan fingerprint density at radius 1 is 1.47 bits per heavy atom. The molecule has 1 amide bonds. The van der Waals surface area contributed by atoms with Crippen LogP contribution in [0.15, 0.2) is 0 Å². The van der Waals surface area contributed by atoms with Gasteiger partial charge in [-0.3, -0.25) is 4.79 Å². The predicted octanol–water partition coefficient (Wildman–Crippen LogP) is 1.26. The number of rotatable bonds is 3. The minimum Gasteiger partial charge on any atom is -0.396 e. The molecule has 2 unspecified atom stereocenters. The molecule has 15 heavy (non-hydrogen) atoms. The second-order valence-corrected chi connectivity index (χ2v) is 5.10. The Kier molecular flexibility index (Phi) is 3.29. The summed E-state index contributed by atoms with van der Waals surface area (Å²) in [6.07, 6.45) is 4.57. The Morgan fingerprint density at radius 2 is 2.20 bits per heavy atom. The van der Waals surface area contributed by atoms with E-state index in [0.29, 0.717) is 17.7 Å². The van der Waals surface area contributed by atoms with Crippen molar-refractivity contribution < 1.29 is 9.90 Å². The summed E-state index contributed by atoms with van der Waals surface area (Å²) in [5, 5.41) is 9.11. The summed E-state index contributed by atoms with van der Waals surface area (Å²) in [4.78, 5) is 14.1. The Morgan fingerprint density at radius 3 is 2.80 bits per heavy atom. The summed E-state index contributed by atoms with van der Waals surface area (Å²) < 4.78 is 0. The molecule has 0 spiro atoms. The van der Waals surface area contributed by atoms with Gasteiger partial charge in [0.25, 0.3) is 0 Å². The van der Waals surface area contributed by atoms with Crippen LogP contribution in [0.25, 0.3) is 0 Å². The molecule has 1 aliphatic heterocycles. The molecule has 1 saturated heterocycles. The number of aliphatic hydroxyl groups is 1. The third-order valence-electron chi connectivity index (χ3n) is 3.81. The van der Waals surface area contributed by atoms with Gasteiger partial charge in [0, 0.05) is 25.6 Å². The zero-order chi connectivity index (χ0) is 10.8. The number of carbonyl (C=O) groups is 1. The van der Waals surface area contributed by atoms with E-state index in [9.17, 15) is 4.79 Å². The number of amides is 1. The lowest BCUT2D eigenvalue weighted by Crippen LogP contribution is -2.43. The Labute approximate surface area is 91.5 Å². The molecule has 2 fully saturated rings. The van der Waals surface area contributed by atoms with Crippen molar-refractivity contribution in [2.75, 3.05) is 19.7 Å². The van der Waals surface area contributed by atoms with Gasteiger partial charge in [-0.05, 0) is 37.5 Å². The van der Waals surface area contributed by atoms with Crippen molar-refractivity contribution >= 4 is 5.91 Å². The number of piperidine rings is 1. The minimum absolute atomic E-state index is 0.211. The van der Waals surface area contributed by atoms with E-state index < -0.39 is 0 Å². The van der Waals surface area contributed by atoms with E-state index in [1.54, 1.807) is 0 Å². The Hall–Kier alpha value is -0.570. The fourth-order valence-electron chi connectivity index (χ4n) is 2.50. The molecule has 86 valence electrons. The highest BCUT2D eigenvalue weighted by Gasteiger charge is 2.36. The number of aliphatic hydroxyl groups excluding tert-OH is 1. The molecule has 1 heterocycles. The van der Waals surface area contributed by atoms with Crippen molar-refractivity contribution in [3.63, 3.8) is 0 Å². The van der Waals surface area contributed by atoms with Crippen LogP contribution in [0.2, 0.25) is 0 Å². The van der Waals surface area contributed by atoms with Crippen molar-refractivity contribution in [1.82, 2.24) is 4.90 Å². The highest BCUT2D eigenvalue weighted by Crippen LogP contribution is 2.37. The number of hydrogen-bond donors (Lipinski definition) is 1.